The molecule has 0 fully saturated rings. The maximum atomic E-state index is 13.7. The number of hydrogen-bond donors (Lipinski definition) is 1. The van der Waals surface area contributed by atoms with Crippen LogP contribution in [0.1, 0.15) is 38.7 Å². The molecule has 0 saturated heterocycles. The van der Waals surface area contributed by atoms with Crippen molar-refractivity contribution in [2.24, 2.45) is 0 Å². The lowest BCUT2D eigenvalue weighted by molar-refractivity contribution is -0.0640. The summed E-state index contributed by atoms with van der Waals surface area (Å²) in [6, 6.07) is 36.0. The van der Waals surface area contributed by atoms with E-state index >= 15 is 0 Å². The van der Waals surface area contributed by atoms with E-state index in [1.807, 2.05) is 109 Å². The summed E-state index contributed by atoms with van der Waals surface area (Å²) in [5.74, 6) is -0.186. The third-order valence-corrected chi connectivity index (χ3v) is 5.77. The van der Waals surface area contributed by atoms with Crippen molar-refractivity contribution >= 4 is 5.91 Å². The number of nitrogens with zero attached hydrogens (tertiary/aromatic N) is 1. The minimum Gasteiger partial charge on any atom is -0.363 e. The molecular formula is C27H21NO2. The maximum Gasteiger partial charge on any atom is 0.257 e. The van der Waals surface area contributed by atoms with Crippen LogP contribution in [0, 0.1) is 0 Å². The molecule has 4 aromatic rings. The molecule has 1 heterocycles. The molecule has 1 N–H and O–H groups in total. The van der Waals surface area contributed by atoms with Crippen molar-refractivity contribution < 1.29 is 9.90 Å². The van der Waals surface area contributed by atoms with E-state index in [0.717, 1.165) is 11.1 Å². The zero-order chi connectivity index (χ0) is 20.6. The summed E-state index contributed by atoms with van der Waals surface area (Å²) in [6.45, 7) is 0. The smallest absolute Gasteiger partial charge is 0.257 e. The van der Waals surface area contributed by atoms with Gasteiger partial charge in [-0.1, -0.05) is 109 Å². The average molecular weight is 391 g/mol. The van der Waals surface area contributed by atoms with Gasteiger partial charge in [0.25, 0.3) is 5.91 Å². The first-order chi connectivity index (χ1) is 14.7. The molecule has 1 amide bonds. The second-order valence-corrected chi connectivity index (χ2v) is 7.48. The first-order valence-corrected chi connectivity index (χ1v) is 10.0. The molecule has 0 spiro atoms. The Labute approximate surface area is 175 Å². The van der Waals surface area contributed by atoms with E-state index in [1.165, 1.54) is 0 Å². The number of carbonyl (C=O) groups is 1. The monoisotopic (exact) mass is 391 g/mol. The molecule has 3 heteroatoms. The quantitative estimate of drug-likeness (QED) is 0.524. The van der Waals surface area contributed by atoms with Crippen molar-refractivity contribution in [2.75, 3.05) is 0 Å². The molecule has 5 rings (SSSR count). The van der Waals surface area contributed by atoms with Gasteiger partial charge in [-0.2, -0.15) is 0 Å². The molecule has 3 nitrogen and oxygen atoms in total. The van der Waals surface area contributed by atoms with Gasteiger partial charge in [0.15, 0.2) is 5.72 Å². The van der Waals surface area contributed by atoms with Gasteiger partial charge < -0.3 is 5.11 Å². The number of rotatable bonds is 4. The first-order valence-electron chi connectivity index (χ1n) is 10.0. The normalized spacial score (nSPS) is 17.9. The van der Waals surface area contributed by atoms with Gasteiger partial charge in [-0.25, -0.2) is 0 Å². The Hall–Kier alpha value is -3.69. The van der Waals surface area contributed by atoms with Crippen LogP contribution in [0.3, 0.4) is 0 Å². The molecule has 1 aliphatic rings. The van der Waals surface area contributed by atoms with Gasteiger partial charge in [0.2, 0.25) is 0 Å². The van der Waals surface area contributed by atoms with Gasteiger partial charge in [0.1, 0.15) is 0 Å². The summed E-state index contributed by atoms with van der Waals surface area (Å²) in [4.78, 5) is 15.4. The van der Waals surface area contributed by atoms with Crippen molar-refractivity contribution in [3.05, 3.63) is 143 Å². The molecule has 30 heavy (non-hydrogen) atoms. The molecule has 4 aromatic carbocycles. The molecule has 0 saturated carbocycles. The van der Waals surface area contributed by atoms with Crippen LogP contribution < -0.4 is 0 Å². The highest BCUT2D eigenvalue weighted by atomic mass is 16.3. The Morgan fingerprint density at radius 1 is 0.633 bits per heavy atom. The largest absolute Gasteiger partial charge is 0.363 e. The minimum atomic E-state index is -1.58. The summed E-state index contributed by atoms with van der Waals surface area (Å²) in [6.07, 6.45) is 0. The Bertz CT molecular complexity index is 1140. The Morgan fingerprint density at radius 2 is 1.10 bits per heavy atom. The van der Waals surface area contributed by atoms with E-state index in [4.69, 9.17) is 0 Å². The second kappa shape index (κ2) is 7.29. The van der Waals surface area contributed by atoms with Gasteiger partial charge >= 0.3 is 0 Å². The standard InChI is InChI=1S/C27H21NO2/c29-26-23-18-10-11-19-24(23)27(30,22-16-8-3-9-17-22)28(26)25(20-12-4-1-5-13-20)21-14-6-2-7-15-21/h1-19,25,30H. The van der Waals surface area contributed by atoms with Gasteiger partial charge in [-0.05, 0) is 17.2 Å². The van der Waals surface area contributed by atoms with E-state index in [9.17, 15) is 9.90 Å². The van der Waals surface area contributed by atoms with Crippen molar-refractivity contribution in [2.45, 2.75) is 11.8 Å². The fraction of sp³-hybridized carbons (Fsp3) is 0.0741. The molecule has 0 aromatic heterocycles. The Balaban J connectivity index is 1.79. The predicted molar refractivity (Wildman–Crippen MR) is 117 cm³/mol. The molecule has 146 valence electrons. The van der Waals surface area contributed by atoms with Crippen LogP contribution in [0.4, 0.5) is 0 Å². The predicted octanol–water partition coefficient (Wildman–Crippen LogP) is 5.13. The lowest BCUT2D eigenvalue weighted by Gasteiger charge is -2.40. The average Bonchev–Trinajstić information content (AvgIpc) is 3.05. The number of amides is 1. The maximum absolute atomic E-state index is 13.7. The van der Waals surface area contributed by atoms with Crippen LogP contribution in [0.2, 0.25) is 0 Å². The summed E-state index contributed by atoms with van der Waals surface area (Å²) in [5.41, 5.74) is 2.11. The van der Waals surface area contributed by atoms with Crippen LogP contribution in [-0.4, -0.2) is 15.9 Å². The molecule has 0 radical (unpaired) electrons. The van der Waals surface area contributed by atoms with Crippen LogP contribution in [0.5, 0.6) is 0 Å². The molecule has 0 aliphatic carbocycles. The SMILES string of the molecule is O=C1c2ccccc2C(O)(c2ccccc2)N1C(c1ccccc1)c1ccccc1. The number of benzene rings is 4. The number of aliphatic hydroxyl groups is 1. The van der Waals surface area contributed by atoms with E-state index in [0.29, 0.717) is 16.7 Å². The van der Waals surface area contributed by atoms with Gasteiger partial charge in [0, 0.05) is 16.7 Å². The van der Waals surface area contributed by atoms with Gasteiger partial charge in [0.05, 0.1) is 6.04 Å². The summed E-state index contributed by atoms with van der Waals surface area (Å²) < 4.78 is 0. The highest BCUT2D eigenvalue weighted by Crippen LogP contribution is 2.48. The fourth-order valence-corrected chi connectivity index (χ4v) is 4.41. The molecule has 1 unspecified atom stereocenters. The van der Waals surface area contributed by atoms with E-state index in [1.54, 1.807) is 11.0 Å². The first kappa shape index (κ1) is 18.3. The van der Waals surface area contributed by atoms with Crippen LogP contribution in [0.25, 0.3) is 0 Å². The van der Waals surface area contributed by atoms with Crippen molar-refractivity contribution in [1.82, 2.24) is 4.90 Å². The highest BCUT2D eigenvalue weighted by Gasteiger charge is 2.53. The number of fused-ring (bicyclic) bond motifs is 1. The third-order valence-electron chi connectivity index (χ3n) is 5.77. The van der Waals surface area contributed by atoms with Crippen molar-refractivity contribution in [3.8, 4) is 0 Å². The van der Waals surface area contributed by atoms with Crippen molar-refractivity contribution in [1.29, 1.82) is 0 Å². The van der Waals surface area contributed by atoms with Crippen LogP contribution in [-0.2, 0) is 5.72 Å². The van der Waals surface area contributed by atoms with Gasteiger partial charge in [-0.3, -0.25) is 9.69 Å². The topological polar surface area (TPSA) is 40.5 Å². The van der Waals surface area contributed by atoms with Crippen LogP contribution in [0.15, 0.2) is 115 Å². The van der Waals surface area contributed by atoms with E-state index in [2.05, 4.69) is 0 Å². The summed E-state index contributed by atoms with van der Waals surface area (Å²) in [7, 11) is 0. The zero-order valence-electron chi connectivity index (χ0n) is 16.3. The second-order valence-electron chi connectivity index (χ2n) is 7.48. The minimum absolute atomic E-state index is 0.186. The van der Waals surface area contributed by atoms with Crippen LogP contribution >= 0.6 is 0 Å². The molecule has 1 atom stereocenters. The number of hydrogen-bond acceptors (Lipinski definition) is 2. The van der Waals surface area contributed by atoms with E-state index in [-0.39, 0.29) is 5.91 Å². The lowest BCUT2D eigenvalue weighted by Crippen LogP contribution is -2.47. The lowest BCUT2D eigenvalue weighted by atomic mass is 9.90. The Kier molecular flexibility index (Phi) is 4.46. The Morgan fingerprint density at radius 3 is 1.67 bits per heavy atom. The van der Waals surface area contributed by atoms with E-state index < -0.39 is 11.8 Å². The molecule has 0 bridgehead atoms. The summed E-state index contributed by atoms with van der Waals surface area (Å²) in [5, 5.41) is 12.2. The third kappa shape index (κ3) is 2.75. The fourth-order valence-electron chi connectivity index (χ4n) is 4.41. The highest BCUT2D eigenvalue weighted by molar-refractivity contribution is 6.01. The van der Waals surface area contributed by atoms with Gasteiger partial charge in [-0.15, -0.1) is 0 Å². The molecule has 1 aliphatic heterocycles. The zero-order valence-corrected chi connectivity index (χ0v) is 16.3. The number of carbonyl (C=O) groups excluding carboxylic acids is 1. The van der Waals surface area contributed by atoms with Crippen molar-refractivity contribution in [3.63, 3.8) is 0 Å². The molecular weight excluding hydrogens is 370 g/mol. The summed E-state index contributed by atoms with van der Waals surface area (Å²) >= 11 is 0.